The lowest BCUT2D eigenvalue weighted by Crippen LogP contribution is -2.43. The molecule has 0 saturated carbocycles. The average Bonchev–Trinajstić information content (AvgIpc) is 2.78. The predicted octanol–water partition coefficient (Wildman–Crippen LogP) is 0.199. The van der Waals surface area contributed by atoms with Crippen LogP contribution in [0.5, 0.6) is 0 Å². The Hall–Kier alpha value is -1.60. The first kappa shape index (κ1) is 15.8. The highest BCUT2D eigenvalue weighted by molar-refractivity contribution is 7.91. The maximum Gasteiger partial charge on any atom is 0.256 e. The van der Waals surface area contributed by atoms with Crippen molar-refractivity contribution in [3.63, 3.8) is 0 Å². The Morgan fingerprint density at radius 3 is 2.76 bits per heavy atom. The van der Waals surface area contributed by atoms with Crippen LogP contribution in [0.4, 0.5) is 5.69 Å². The second-order valence-corrected chi connectivity index (χ2v) is 7.54. The third kappa shape index (κ3) is 3.36. The molecule has 116 valence electrons. The number of nitrogens with zero attached hydrogens (tertiary/aromatic N) is 1. The summed E-state index contributed by atoms with van der Waals surface area (Å²) in [7, 11) is -3.10. The SMILES string of the molecule is Cc1cccc(C(=O)N(CCO)C2CCS(=O)(=O)C2)c1N. The minimum Gasteiger partial charge on any atom is -0.398 e. The van der Waals surface area contributed by atoms with E-state index in [1.165, 1.54) is 4.90 Å². The lowest BCUT2D eigenvalue weighted by molar-refractivity contribution is 0.0656. The number of nitrogens with two attached hydrogens (primary N) is 1. The van der Waals surface area contributed by atoms with Gasteiger partial charge in [0.05, 0.1) is 23.7 Å². The maximum absolute atomic E-state index is 12.6. The Bertz CT molecular complexity index is 642. The van der Waals surface area contributed by atoms with Gasteiger partial charge in [-0.1, -0.05) is 12.1 Å². The molecule has 1 aliphatic rings. The summed E-state index contributed by atoms with van der Waals surface area (Å²) in [4.78, 5) is 14.1. The van der Waals surface area contributed by atoms with Crippen LogP contribution in [0.3, 0.4) is 0 Å². The van der Waals surface area contributed by atoms with Gasteiger partial charge in [0.25, 0.3) is 5.91 Å². The number of nitrogen functional groups attached to an aromatic ring is 1. The van der Waals surface area contributed by atoms with Crippen molar-refractivity contribution < 1.29 is 18.3 Å². The molecule has 1 amide bonds. The van der Waals surface area contributed by atoms with Crippen molar-refractivity contribution in [3.8, 4) is 0 Å². The second-order valence-electron chi connectivity index (χ2n) is 5.32. The van der Waals surface area contributed by atoms with Crippen LogP contribution in [0.2, 0.25) is 0 Å². The first-order valence-corrected chi connectivity index (χ1v) is 8.65. The highest BCUT2D eigenvalue weighted by atomic mass is 32.2. The Morgan fingerprint density at radius 2 is 2.19 bits per heavy atom. The fourth-order valence-electron chi connectivity index (χ4n) is 2.60. The molecule has 0 spiro atoms. The molecular weight excluding hydrogens is 292 g/mol. The van der Waals surface area contributed by atoms with E-state index in [-0.39, 0.29) is 30.6 Å². The molecule has 1 aromatic rings. The molecule has 1 atom stereocenters. The first-order chi connectivity index (χ1) is 9.85. The molecule has 1 aromatic carbocycles. The fourth-order valence-corrected chi connectivity index (χ4v) is 4.33. The van der Waals surface area contributed by atoms with Gasteiger partial charge in [-0.25, -0.2) is 8.42 Å². The number of aliphatic hydroxyl groups excluding tert-OH is 1. The maximum atomic E-state index is 12.6. The van der Waals surface area contributed by atoms with Crippen LogP contribution in [0.25, 0.3) is 0 Å². The van der Waals surface area contributed by atoms with Crippen LogP contribution in [-0.2, 0) is 9.84 Å². The summed E-state index contributed by atoms with van der Waals surface area (Å²) < 4.78 is 23.2. The summed E-state index contributed by atoms with van der Waals surface area (Å²) in [6.07, 6.45) is 0.403. The zero-order valence-corrected chi connectivity index (χ0v) is 12.8. The Morgan fingerprint density at radius 1 is 1.48 bits per heavy atom. The lowest BCUT2D eigenvalue weighted by atomic mass is 10.1. The molecule has 1 heterocycles. The van der Waals surface area contributed by atoms with Crippen molar-refractivity contribution in [3.05, 3.63) is 29.3 Å². The molecule has 1 fully saturated rings. The van der Waals surface area contributed by atoms with E-state index in [1.54, 1.807) is 12.1 Å². The van der Waals surface area contributed by atoms with Gasteiger partial charge in [-0.05, 0) is 25.0 Å². The molecule has 0 aliphatic carbocycles. The third-order valence-electron chi connectivity index (χ3n) is 3.81. The van der Waals surface area contributed by atoms with Gasteiger partial charge in [0.2, 0.25) is 0 Å². The van der Waals surface area contributed by atoms with Crippen molar-refractivity contribution in [1.29, 1.82) is 0 Å². The van der Waals surface area contributed by atoms with Gasteiger partial charge < -0.3 is 15.7 Å². The number of carbonyl (C=O) groups excluding carboxylic acids is 1. The molecule has 1 saturated heterocycles. The summed E-state index contributed by atoms with van der Waals surface area (Å²) in [6, 6.07) is 4.78. The van der Waals surface area contributed by atoms with Gasteiger partial charge in [0.1, 0.15) is 0 Å². The number of hydrogen-bond acceptors (Lipinski definition) is 5. The average molecular weight is 312 g/mol. The number of anilines is 1. The summed E-state index contributed by atoms with van der Waals surface area (Å²) in [5.41, 5.74) is 7.49. The van der Waals surface area contributed by atoms with E-state index in [9.17, 15) is 18.3 Å². The zero-order valence-electron chi connectivity index (χ0n) is 11.9. The molecule has 0 bridgehead atoms. The van der Waals surface area contributed by atoms with E-state index >= 15 is 0 Å². The molecule has 21 heavy (non-hydrogen) atoms. The van der Waals surface area contributed by atoms with E-state index in [0.717, 1.165) is 5.56 Å². The second kappa shape index (κ2) is 6.03. The molecule has 2 rings (SSSR count). The standard InChI is InChI=1S/C14H20N2O4S/c1-10-3-2-4-12(13(10)15)14(18)16(6-7-17)11-5-8-21(19,20)9-11/h2-4,11,17H,5-9,15H2,1H3. The summed E-state index contributed by atoms with van der Waals surface area (Å²) in [5, 5.41) is 9.17. The number of amides is 1. The van der Waals surface area contributed by atoms with Crippen LogP contribution in [0.1, 0.15) is 22.3 Å². The fraction of sp³-hybridized carbons (Fsp3) is 0.500. The van der Waals surface area contributed by atoms with Crippen LogP contribution in [-0.4, -0.2) is 55.0 Å². The van der Waals surface area contributed by atoms with Crippen molar-refractivity contribution in [2.24, 2.45) is 0 Å². The van der Waals surface area contributed by atoms with Crippen molar-refractivity contribution in [2.45, 2.75) is 19.4 Å². The zero-order chi connectivity index (χ0) is 15.6. The van der Waals surface area contributed by atoms with Gasteiger partial charge in [-0.3, -0.25) is 4.79 Å². The van der Waals surface area contributed by atoms with Crippen LogP contribution >= 0.6 is 0 Å². The summed E-state index contributed by atoms with van der Waals surface area (Å²) in [6.45, 7) is 1.70. The molecule has 0 aromatic heterocycles. The number of aryl methyl sites for hydroxylation is 1. The van der Waals surface area contributed by atoms with Gasteiger partial charge in [0, 0.05) is 18.3 Å². The highest BCUT2D eigenvalue weighted by Gasteiger charge is 2.35. The number of benzene rings is 1. The van der Waals surface area contributed by atoms with Crippen molar-refractivity contribution in [2.75, 3.05) is 30.4 Å². The smallest absolute Gasteiger partial charge is 0.256 e. The van der Waals surface area contributed by atoms with Crippen LogP contribution < -0.4 is 5.73 Å². The van der Waals surface area contributed by atoms with E-state index in [0.29, 0.717) is 17.7 Å². The van der Waals surface area contributed by atoms with E-state index < -0.39 is 15.9 Å². The molecule has 7 heteroatoms. The molecule has 1 aliphatic heterocycles. The molecular formula is C14H20N2O4S. The third-order valence-corrected chi connectivity index (χ3v) is 5.56. The lowest BCUT2D eigenvalue weighted by Gasteiger charge is -2.28. The largest absolute Gasteiger partial charge is 0.398 e. The number of para-hydroxylation sites is 1. The monoisotopic (exact) mass is 312 g/mol. The topological polar surface area (TPSA) is 101 Å². The Balaban J connectivity index is 2.30. The van der Waals surface area contributed by atoms with E-state index in [2.05, 4.69) is 0 Å². The number of rotatable bonds is 4. The van der Waals surface area contributed by atoms with Crippen molar-refractivity contribution >= 4 is 21.4 Å². The Labute approximate surface area is 124 Å². The van der Waals surface area contributed by atoms with Gasteiger partial charge >= 0.3 is 0 Å². The van der Waals surface area contributed by atoms with Crippen LogP contribution in [0, 0.1) is 6.92 Å². The summed E-state index contributed by atoms with van der Waals surface area (Å²) >= 11 is 0. The first-order valence-electron chi connectivity index (χ1n) is 6.83. The number of hydrogen-bond donors (Lipinski definition) is 2. The molecule has 3 N–H and O–H groups in total. The number of carbonyl (C=O) groups is 1. The minimum absolute atomic E-state index is 0.0511. The number of aliphatic hydroxyl groups is 1. The normalized spacial score (nSPS) is 20.4. The molecule has 1 unspecified atom stereocenters. The quantitative estimate of drug-likeness (QED) is 0.773. The minimum atomic E-state index is -3.10. The highest BCUT2D eigenvalue weighted by Crippen LogP contribution is 2.23. The van der Waals surface area contributed by atoms with Crippen molar-refractivity contribution in [1.82, 2.24) is 4.90 Å². The van der Waals surface area contributed by atoms with E-state index in [4.69, 9.17) is 5.73 Å². The summed E-state index contributed by atoms with van der Waals surface area (Å²) in [5.74, 6) is -0.298. The Kier molecular flexibility index (Phi) is 4.53. The molecule has 6 nitrogen and oxygen atoms in total. The number of sulfone groups is 1. The van der Waals surface area contributed by atoms with Crippen LogP contribution in [0.15, 0.2) is 18.2 Å². The van der Waals surface area contributed by atoms with Gasteiger partial charge in [-0.15, -0.1) is 0 Å². The predicted molar refractivity (Wildman–Crippen MR) is 80.8 cm³/mol. The van der Waals surface area contributed by atoms with Gasteiger partial charge in [-0.2, -0.15) is 0 Å². The van der Waals surface area contributed by atoms with E-state index in [1.807, 2.05) is 13.0 Å². The molecule has 0 radical (unpaired) electrons. The van der Waals surface area contributed by atoms with Gasteiger partial charge in [0.15, 0.2) is 9.84 Å².